The molecule has 0 amide bonds. The molecule has 2 rings (SSSR count). The molecular weight excluding hydrogens is 258 g/mol. The van der Waals surface area contributed by atoms with Crippen LogP contribution in [0.25, 0.3) is 0 Å². The van der Waals surface area contributed by atoms with Gasteiger partial charge >= 0.3 is 0 Å². The summed E-state index contributed by atoms with van der Waals surface area (Å²) in [6.45, 7) is 0. The highest BCUT2D eigenvalue weighted by Crippen LogP contribution is 2.43. The van der Waals surface area contributed by atoms with Crippen LogP contribution in [0.3, 0.4) is 0 Å². The summed E-state index contributed by atoms with van der Waals surface area (Å²) in [5.41, 5.74) is 0. The van der Waals surface area contributed by atoms with Crippen molar-refractivity contribution in [1.82, 2.24) is 0 Å². The Hall–Kier alpha value is -0.710. The average molecular weight is 265 g/mol. The van der Waals surface area contributed by atoms with Gasteiger partial charge in [-0.25, -0.2) is 8.78 Å². The lowest BCUT2D eigenvalue weighted by Crippen LogP contribution is -2.39. The van der Waals surface area contributed by atoms with Crippen LogP contribution in [-0.2, 0) is 0 Å². The summed E-state index contributed by atoms with van der Waals surface area (Å²) in [5, 5.41) is 0. The summed E-state index contributed by atoms with van der Waals surface area (Å²) in [7, 11) is 0. The molecule has 1 aromatic rings. The first-order chi connectivity index (χ1) is 6.48. The number of carbonyl (C=O) groups excluding carboxylic acids is 1. The molecule has 0 atom stereocenters. The van der Waals surface area contributed by atoms with Crippen molar-refractivity contribution >= 4 is 21.7 Å². The smallest absolute Gasteiger partial charge is 0.249 e. The molecule has 2 nitrogen and oxygen atoms in total. The molecule has 14 heavy (non-hydrogen) atoms. The lowest BCUT2D eigenvalue weighted by atomic mass is 9.78. The van der Waals surface area contributed by atoms with Gasteiger partial charge in [-0.3, -0.25) is 4.79 Å². The fourth-order valence-electron chi connectivity index (χ4n) is 1.49. The molecule has 0 N–H and O–H groups in total. The van der Waals surface area contributed by atoms with Crippen molar-refractivity contribution in [2.45, 2.75) is 18.8 Å². The number of halogens is 3. The van der Waals surface area contributed by atoms with Crippen molar-refractivity contribution in [1.29, 1.82) is 0 Å². The summed E-state index contributed by atoms with van der Waals surface area (Å²) >= 11 is 3.04. The van der Waals surface area contributed by atoms with Crippen molar-refractivity contribution in [3.05, 3.63) is 22.6 Å². The van der Waals surface area contributed by atoms with Gasteiger partial charge in [-0.05, 0) is 28.1 Å². The molecule has 0 aliphatic heterocycles. The SMILES string of the molecule is O=C(c1ccc(Br)o1)C1CC(F)(F)C1. The molecule has 1 saturated carbocycles. The number of hydrogen-bond acceptors (Lipinski definition) is 2. The second kappa shape index (κ2) is 3.15. The van der Waals surface area contributed by atoms with Gasteiger partial charge in [0, 0.05) is 18.8 Å². The molecule has 0 spiro atoms. The number of Topliss-reactive ketones (excluding diaryl/α,β-unsaturated/α-hetero) is 1. The largest absolute Gasteiger partial charge is 0.446 e. The Morgan fingerprint density at radius 1 is 1.50 bits per heavy atom. The van der Waals surface area contributed by atoms with Gasteiger partial charge in [-0.15, -0.1) is 0 Å². The van der Waals surface area contributed by atoms with Gasteiger partial charge in [0.15, 0.2) is 10.4 Å². The van der Waals surface area contributed by atoms with Gasteiger partial charge in [0.05, 0.1) is 0 Å². The third-order valence-corrected chi connectivity index (χ3v) is 2.70. The molecular formula is C9H7BrF2O2. The van der Waals surface area contributed by atoms with Crippen LogP contribution < -0.4 is 0 Å². The zero-order valence-electron chi connectivity index (χ0n) is 7.10. The maximum atomic E-state index is 12.5. The first kappa shape index (κ1) is 9.83. The maximum Gasteiger partial charge on any atom is 0.249 e. The fourth-order valence-corrected chi connectivity index (χ4v) is 1.80. The number of ketones is 1. The zero-order chi connectivity index (χ0) is 10.3. The van der Waals surface area contributed by atoms with Crippen molar-refractivity contribution in [3.8, 4) is 0 Å². The zero-order valence-corrected chi connectivity index (χ0v) is 8.68. The van der Waals surface area contributed by atoms with E-state index in [-0.39, 0.29) is 24.4 Å². The Morgan fingerprint density at radius 3 is 2.57 bits per heavy atom. The van der Waals surface area contributed by atoms with Crippen molar-refractivity contribution in [3.63, 3.8) is 0 Å². The summed E-state index contributed by atoms with van der Waals surface area (Å²) in [6.07, 6.45) is -0.714. The highest BCUT2D eigenvalue weighted by molar-refractivity contribution is 9.10. The monoisotopic (exact) mass is 264 g/mol. The number of hydrogen-bond donors (Lipinski definition) is 0. The van der Waals surface area contributed by atoms with Gasteiger partial charge in [0.2, 0.25) is 11.7 Å². The quantitative estimate of drug-likeness (QED) is 0.768. The van der Waals surface area contributed by atoms with Gasteiger partial charge < -0.3 is 4.42 Å². The maximum absolute atomic E-state index is 12.5. The minimum absolute atomic E-state index is 0.150. The first-order valence-electron chi connectivity index (χ1n) is 4.15. The van der Waals surface area contributed by atoms with Gasteiger partial charge in [-0.2, -0.15) is 0 Å². The van der Waals surface area contributed by atoms with Crippen molar-refractivity contribution in [2.75, 3.05) is 0 Å². The first-order valence-corrected chi connectivity index (χ1v) is 4.95. The number of rotatable bonds is 2. The van der Waals surface area contributed by atoms with E-state index in [0.717, 1.165) is 0 Å². The van der Waals surface area contributed by atoms with E-state index < -0.39 is 11.8 Å². The molecule has 5 heteroatoms. The fraction of sp³-hybridized carbons (Fsp3) is 0.444. The summed E-state index contributed by atoms with van der Waals surface area (Å²) in [5.74, 6) is -3.42. The van der Waals surface area contributed by atoms with E-state index in [4.69, 9.17) is 4.42 Å². The van der Waals surface area contributed by atoms with Gasteiger partial charge in [0.25, 0.3) is 0 Å². The molecule has 1 fully saturated rings. The van der Waals surface area contributed by atoms with E-state index in [9.17, 15) is 13.6 Å². The van der Waals surface area contributed by atoms with E-state index in [2.05, 4.69) is 15.9 Å². The van der Waals surface area contributed by atoms with Crippen LogP contribution in [0.5, 0.6) is 0 Å². The molecule has 0 saturated heterocycles. The molecule has 1 heterocycles. The van der Waals surface area contributed by atoms with Crippen LogP contribution in [-0.4, -0.2) is 11.7 Å². The number of furan rings is 1. The highest BCUT2D eigenvalue weighted by atomic mass is 79.9. The lowest BCUT2D eigenvalue weighted by molar-refractivity contribution is -0.0986. The normalized spacial score (nSPS) is 20.5. The van der Waals surface area contributed by atoms with Crippen LogP contribution in [0.2, 0.25) is 0 Å². The van der Waals surface area contributed by atoms with Crippen LogP contribution >= 0.6 is 15.9 Å². The molecule has 0 aromatic carbocycles. The van der Waals surface area contributed by atoms with Crippen LogP contribution in [0.1, 0.15) is 23.4 Å². The van der Waals surface area contributed by atoms with Crippen molar-refractivity contribution in [2.24, 2.45) is 5.92 Å². The lowest BCUT2D eigenvalue weighted by Gasteiger charge is -2.32. The summed E-state index contributed by atoms with van der Waals surface area (Å²) in [4.78, 5) is 11.5. The summed E-state index contributed by atoms with van der Waals surface area (Å²) < 4.78 is 30.4. The average Bonchev–Trinajstić information content (AvgIpc) is 2.46. The molecule has 0 radical (unpaired) electrons. The third-order valence-electron chi connectivity index (χ3n) is 2.28. The van der Waals surface area contributed by atoms with Crippen LogP contribution in [0.15, 0.2) is 21.2 Å². The second-order valence-corrected chi connectivity index (χ2v) is 4.21. The minimum atomic E-state index is -2.66. The Kier molecular flexibility index (Phi) is 2.21. The van der Waals surface area contributed by atoms with Crippen LogP contribution in [0.4, 0.5) is 8.78 Å². The molecule has 1 aromatic heterocycles. The predicted molar refractivity (Wildman–Crippen MR) is 48.4 cm³/mol. The molecule has 0 bridgehead atoms. The van der Waals surface area contributed by atoms with E-state index >= 15 is 0 Å². The van der Waals surface area contributed by atoms with E-state index in [1.807, 2.05) is 0 Å². The van der Waals surface area contributed by atoms with E-state index in [1.165, 1.54) is 6.07 Å². The molecule has 0 unspecified atom stereocenters. The highest BCUT2D eigenvalue weighted by Gasteiger charge is 2.49. The minimum Gasteiger partial charge on any atom is -0.446 e. The number of carbonyl (C=O) groups is 1. The topological polar surface area (TPSA) is 30.2 Å². The van der Waals surface area contributed by atoms with E-state index in [0.29, 0.717) is 4.67 Å². The Labute approximate surface area is 87.4 Å². The second-order valence-electron chi connectivity index (χ2n) is 3.43. The predicted octanol–water partition coefficient (Wildman–Crippen LogP) is 3.27. The summed E-state index contributed by atoms with van der Waals surface area (Å²) in [6, 6.07) is 3.06. The van der Waals surface area contributed by atoms with Gasteiger partial charge in [0.1, 0.15) is 0 Å². The van der Waals surface area contributed by atoms with Crippen LogP contribution in [0, 0.1) is 5.92 Å². The Morgan fingerprint density at radius 2 is 2.14 bits per heavy atom. The van der Waals surface area contributed by atoms with Crippen molar-refractivity contribution < 1.29 is 18.0 Å². The Balaban J connectivity index is 2.04. The Bertz CT molecular complexity index is 365. The van der Waals surface area contributed by atoms with E-state index in [1.54, 1.807) is 6.07 Å². The van der Waals surface area contributed by atoms with Gasteiger partial charge in [-0.1, -0.05) is 0 Å². The molecule has 76 valence electrons. The standard InChI is InChI=1S/C9H7BrF2O2/c10-7-2-1-6(14-7)8(13)5-3-9(11,12)4-5/h1-2,5H,3-4H2. The third kappa shape index (κ3) is 1.73. The molecule has 1 aliphatic rings. The number of alkyl halides is 2. The molecule has 1 aliphatic carbocycles.